The minimum Gasteiger partial charge on any atom is -0.497 e. The number of hydrogen-bond acceptors (Lipinski definition) is 8. The van der Waals surface area contributed by atoms with Crippen molar-refractivity contribution in [2.75, 3.05) is 14.2 Å². The highest BCUT2D eigenvalue weighted by molar-refractivity contribution is 6.20. The van der Waals surface area contributed by atoms with E-state index in [0.29, 0.717) is 39.2 Å². The van der Waals surface area contributed by atoms with Gasteiger partial charge in [0.05, 0.1) is 19.8 Å². The zero-order valence-electron chi connectivity index (χ0n) is 17.9. The van der Waals surface area contributed by atoms with Crippen LogP contribution in [0, 0.1) is 0 Å². The van der Waals surface area contributed by atoms with Crippen LogP contribution in [-0.2, 0) is 21.7 Å². The van der Waals surface area contributed by atoms with E-state index in [4.69, 9.17) is 18.8 Å². The number of esters is 1. The van der Waals surface area contributed by atoms with Crippen molar-refractivity contribution in [2.24, 2.45) is 0 Å². The monoisotopic (exact) mass is 444 g/mol. The third kappa shape index (κ3) is 3.60. The average Bonchev–Trinajstić information content (AvgIpc) is 3.41. The van der Waals surface area contributed by atoms with Gasteiger partial charge in [0.15, 0.2) is 0 Å². The summed E-state index contributed by atoms with van der Waals surface area (Å²) >= 11 is 0. The van der Waals surface area contributed by atoms with Gasteiger partial charge in [-0.2, -0.15) is 0 Å². The van der Waals surface area contributed by atoms with E-state index in [1.54, 1.807) is 56.7 Å². The van der Waals surface area contributed by atoms with Gasteiger partial charge in [-0.3, -0.25) is 0 Å². The Morgan fingerprint density at radius 1 is 0.879 bits per heavy atom. The molecule has 0 bridgehead atoms. The van der Waals surface area contributed by atoms with Crippen LogP contribution in [0.2, 0.25) is 0 Å². The maximum absolute atomic E-state index is 13.1. The first-order valence-corrected chi connectivity index (χ1v) is 10.2. The Hall–Kier alpha value is -4.17. The first-order chi connectivity index (χ1) is 16.0. The molecule has 0 saturated heterocycles. The average molecular weight is 444 g/mol. The number of methoxy groups -OCH3 is 2. The second-order valence-corrected chi connectivity index (χ2v) is 7.61. The van der Waals surface area contributed by atoms with Crippen molar-refractivity contribution in [1.82, 2.24) is 10.3 Å². The first kappa shape index (κ1) is 20.7. The lowest BCUT2D eigenvalue weighted by Crippen LogP contribution is -2.29. The molecule has 0 aliphatic carbocycles. The molecule has 166 valence electrons. The molecule has 1 aliphatic rings. The molecule has 3 aromatic carbocycles. The van der Waals surface area contributed by atoms with Crippen molar-refractivity contribution in [2.45, 2.75) is 12.2 Å². The summed E-state index contributed by atoms with van der Waals surface area (Å²) in [4.78, 5) is 13.1. The number of aliphatic hydroxyl groups is 1. The maximum atomic E-state index is 13.1. The molecular weight excluding hydrogens is 424 g/mol. The predicted octanol–water partition coefficient (Wildman–Crippen LogP) is 3.64. The van der Waals surface area contributed by atoms with Gasteiger partial charge in [0.25, 0.3) is 5.79 Å². The Morgan fingerprint density at radius 3 is 2.18 bits per heavy atom. The molecule has 0 saturated carbocycles. The van der Waals surface area contributed by atoms with E-state index in [2.05, 4.69) is 10.3 Å². The SMILES string of the molecule is COc1ccc(CC2=C(c3ccc4nonc4c3)C(=O)OC2(O)c2ccc(OC)cc2)cc1. The Morgan fingerprint density at radius 2 is 1.52 bits per heavy atom. The number of carbonyl (C=O) groups excluding carboxylic acids is 1. The van der Waals surface area contributed by atoms with E-state index in [-0.39, 0.29) is 12.0 Å². The van der Waals surface area contributed by atoms with E-state index in [1.165, 1.54) is 0 Å². The van der Waals surface area contributed by atoms with Crippen LogP contribution in [0.3, 0.4) is 0 Å². The fraction of sp³-hybridized carbons (Fsp3) is 0.160. The smallest absolute Gasteiger partial charge is 0.342 e. The summed E-state index contributed by atoms with van der Waals surface area (Å²) in [5, 5.41) is 19.4. The van der Waals surface area contributed by atoms with Crippen molar-refractivity contribution >= 4 is 22.6 Å². The molecule has 0 fully saturated rings. The lowest BCUT2D eigenvalue weighted by atomic mass is 9.88. The molecule has 0 amide bonds. The number of ether oxygens (including phenoxy) is 3. The molecule has 0 spiro atoms. The van der Waals surface area contributed by atoms with Crippen molar-refractivity contribution in [3.8, 4) is 11.5 Å². The van der Waals surface area contributed by atoms with Crippen LogP contribution < -0.4 is 9.47 Å². The second kappa shape index (κ2) is 8.07. The molecule has 8 nitrogen and oxygen atoms in total. The molecule has 5 rings (SSSR count). The molecule has 1 unspecified atom stereocenters. The van der Waals surface area contributed by atoms with Crippen molar-refractivity contribution in [1.29, 1.82) is 0 Å². The van der Waals surface area contributed by atoms with E-state index >= 15 is 0 Å². The van der Waals surface area contributed by atoms with Gasteiger partial charge in [-0.15, -0.1) is 0 Å². The molecule has 4 aromatic rings. The van der Waals surface area contributed by atoms with Gasteiger partial charge in [-0.05, 0) is 70.0 Å². The maximum Gasteiger partial charge on any atom is 0.342 e. The predicted molar refractivity (Wildman–Crippen MR) is 118 cm³/mol. The molecule has 1 atom stereocenters. The minimum atomic E-state index is -1.95. The number of carbonyl (C=O) groups is 1. The molecule has 8 heteroatoms. The summed E-state index contributed by atoms with van der Waals surface area (Å²) in [6.45, 7) is 0. The van der Waals surface area contributed by atoms with E-state index in [0.717, 1.165) is 5.56 Å². The number of rotatable bonds is 6. The summed E-state index contributed by atoms with van der Waals surface area (Å²) in [6.07, 6.45) is 0.267. The molecule has 1 N–H and O–H groups in total. The highest BCUT2D eigenvalue weighted by Crippen LogP contribution is 2.45. The number of aromatic nitrogens is 2. The lowest BCUT2D eigenvalue weighted by molar-refractivity contribution is -0.185. The van der Waals surface area contributed by atoms with Gasteiger partial charge in [0, 0.05) is 17.6 Å². The largest absolute Gasteiger partial charge is 0.497 e. The van der Waals surface area contributed by atoms with Crippen molar-refractivity contribution < 1.29 is 28.7 Å². The topological polar surface area (TPSA) is 104 Å². The summed E-state index contributed by atoms with van der Waals surface area (Å²) in [7, 11) is 3.15. The minimum absolute atomic E-state index is 0.267. The third-order valence-corrected chi connectivity index (χ3v) is 5.72. The lowest BCUT2D eigenvalue weighted by Gasteiger charge is -2.26. The van der Waals surface area contributed by atoms with Gasteiger partial charge in [0.1, 0.15) is 22.5 Å². The highest BCUT2D eigenvalue weighted by atomic mass is 16.7. The normalized spacial score (nSPS) is 18.0. The fourth-order valence-electron chi connectivity index (χ4n) is 3.97. The van der Waals surface area contributed by atoms with Crippen molar-refractivity contribution in [3.63, 3.8) is 0 Å². The molecule has 1 aliphatic heterocycles. The zero-order chi connectivity index (χ0) is 23.0. The molecule has 2 heterocycles. The Balaban J connectivity index is 1.67. The van der Waals surface area contributed by atoms with Crippen LogP contribution in [-0.4, -0.2) is 35.6 Å². The Kier molecular flexibility index (Phi) is 5.07. The quantitative estimate of drug-likeness (QED) is 0.450. The Bertz CT molecular complexity index is 1360. The van der Waals surface area contributed by atoms with Crippen molar-refractivity contribution in [3.05, 3.63) is 89.0 Å². The molecule has 0 radical (unpaired) electrons. The van der Waals surface area contributed by atoms with Crippen LogP contribution in [0.4, 0.5) is 0 Å². The van der Waals surface area contributed by atoms with Gasteiger partial charge >= 0.3 is 5.97 Å². The van der Waals surface area contributed by atoms with Gasteiger partial charge in [0.2, 0.25) is 0 Å². The van der Waals surface area contributed by atoms with Gasteiger partial charge < -0.3 is 19.3 Å². The Labute approximate surface area is 189 Å². The number of hydrogen-bond donors (Lipinski definition) is 1. The van der Waals surface area contributed by atoms with Crippen LogP contribution in [0.5, 0.6) is 11.5 Å². The second-order valence-electron chi connectivity index (χ2n) is 7.61. The first-order valence-electron chi connectivity index (χ1n) is 10.2. The van der Waals surface area contributed by atoms with Gasteiger partial charge in [-0.25, -0.2) is 9.42 Å². The van der Waals surface area contributed by atoms with Crippen LogP contribution in [0.25, 0.3) is 16.6 Å². The van der Waals surface area contributed by atoms with Gasteiger partial charge in [-0.1, -0.05) is 18.2 Å². The standard InChI is InChI=1S/C25H20N2O6/c1-30-18-8-3-15(4-9-18)13-20-23(16-5-12-21-22(14-16)27-33-26-21)24(28)32-25(20,29)17-6-10-19(31-2)11-7-17/h3-12,14,29H,13H2,1-2H3. The number of nitrogens with zero attached hydrogens (tertiary/aromatic N) is 2. The summed E-state index contributed by atoms with van der Waals surface area (Å²) < 4.78 is 20.9. The number of benzene rings is 3. The highest BCUT2D eigenvalue weighted by Gasteiger charge is 2.48. The number of cyclic esters (lactones) is 1. The zero-order valence-corrected chi connectivity index (χ0v) is 17.9. The van der Waals surface area contributed by atoms with Crippen LogP contribution in [0.1, 0.15) is 16.7 Å². The van der Waals surface area contributed by atoms with E-state index in [9.17, 15) is 9.90 Å². The fourth-order valence-corrected chi connectivity index (χ4v) is 3.97. The summed E-state index contributed by atoms with van der Waals surface area (Å²) in [6, 6.07) is 19.3. The van der Waals surface area contributed by atoms with Crippen LogP contribution >= 0.6 is 0 Å². The molecular formula is C25H20N2O6. The number of fused-ring (bicyclic) bond motifs is 1. The molecule has 1 aromatic heterocycles. The summed E-state index contributed by atoms with van der Waals surface area (Å²) in [5.74, 6) is -1.25. The third-order valence-electron chi connectivity index (χ3n) is 5.72. The summed E-state index contributed by atoms with van der Waals surface area (Å²) in [5.41, 5.74) is 3.59. The van der Waals surface area contributed by atoms with Crippen LogP contribution in [0.15, 0.2) is 76.9 Å². The molecule has 33 heavy (non-hydrogen) atoms. The van der Waals surface area contributed by atoms with E-state index < -0.39 is 11.8 Å². The van der Waals surface area contributed by atoms with E-state index in [1.807, 2.05) is 24.3 Å².